The summed E-state index contributed by atoms with van der Waals surface area (Å²) in [6.45, 7) is 5.75. The Kier molecular flexibility index (Phi) is 9.27. The predicted molar refractivity (Wildman–Crippen MR) is 117 cm³/mol. The second-order valence-electron chi connectivity index (χ2n) is 5.30. The summed E-state index contributed by atoms with van der Waals surface area (Å²) in [6, 6.07) is 6.59. The minimum absolute atomic E-state index is 0. The summed E-state index contributed by atoms with van der Waals surface area (Å²) in [4.78, 5) is 20.3. The number of nitrogens with one attached hydrogen (secondary N) is 3. The van der Waals surface area contributed by atoms with Crippen molar-refractivity contribution >= 4 is 52.6 Å². The van der Waals surface area contributed by atoms with Gasteiger partial charge in [-0.1, -0.05) is 12.1 Å². The van der Waals surface area contributed by atoms with Crippen LogP contribution in [-0.4, -0.2) is 36.0 Å². The molecule has 0 aliphatic carbocycles. The lowest BCUT2D eigenvalue weighted by Gasteiger charge is -2.12. The first kappa shape index (κ1) is 22.1. The lowest BCUT2D eigenvalue weighted by Crippen LogP contribution is -2.39. The Bertz CT molecular complexity index is 765. The van der Waals surface area contributed by atoms with Crippen LogP contribution in [0.2, 0.25) is 0 Å². The number of nitrogens with zero attached hydrogens (tertiary/aromatic N) is 3. The van der Waals surface area contributed by atoms with E-state index >= 15 is 0 Å². The zero-order valence-corrected chi connectivity index (χ0v) is 18.1. The Morgan fingerprint density at radius 1 is 1.27 bits per heavy atom. The molecule has 26 heavy (non-hydrogen) atoms. The van der Waals surface area contributed by atoms with Crippen LogP contribution in [-0.2, 0) is 6.54 Å². The van der Waals surface area contributed by atoms with Crippen LogP contribution in [0.1, 0.15) is 15.6 Å². The number of guanidine groups is 1. The van der Waals surface area contributed by atoms with Crippen LogP contribution in [0, 0.1) is 24.0 Å². The Morgan fingerprint density at radius 3 is 2.62 bits per heavy atom. The van der Waals surface area contributed by atoms with E-state index in [1.807, 2.05) is 13.8 Å². The SMILES string of the molecule is CN=C(NCCNc1ccccc1[N+](=O)[O-])NCc1sc(C)nc1C.I. The number of nitro groups is 1. The lowest BCUT2D eigenvalue weighted by molar-refractivity contribution is -0.384. The molecule has 0 unspecified atom stereocenters. The average Bonchev–Trinajstić information content (AvgIpc) is 2.92. The maximum Gasteiger partial charge on any atom is 0.292 e. The number of rotatable bonds is 7. The van der Waals surface area contributed by atoms with Crippen molar-refractivity contribution in [3.8, 4) is 0 Å². The van der Waals surface area contributed by atoms with Gasteiger partial charge in [-0.25, -0.2) is 4.98 Å². The van der Waals surface area contributed by atoms with Crippen molar-refractivity contribution in [2.45, 2.75) is 20.4 Å². The predicted octanol–water partition coefficient (Wildman–Crippen LogP) is 3.06. The number of halogens is 1. The summed E-state index contributed by atoms with van der Waals surface area (Å²) in [5, 5.41) is 21.5. The summed E-state index contributed by atoms with van der Waals surface area (Å²) in [6.07, 6.45) is 0. The van der Waals surface area contributed by atoms with E-state index in [9.17, 15) is 10.1 Å². The van der Waals surface area contributed by atoms with Crippen molar-refractivity contribution in [1.29, 1.82) is 0 Å². The van der Waals surface area contributed by atoms with E-state index in [1.54, 1.807) is 36.6 Å². The van der Waals surface area contributed by atoms with E-state index in [0.29, 0.717) is 31.3 Å². The molecule has 0 fully saturated rings. The smallest absolute Gasteiger partial charge is 0.292 e. The van der Waals surface area contributed by atoms with E-state index < -0.39 is 4.92 Å². The third kappa shape index (κ3) is 6.41. The molecule has 1 aromatic heterocycles. The molecule has 0 saturated carbocycles. The molecule has 3 N–H and O–H groups in total. The highest BCUT2D eigenvalue weighted by Gasteiger charge is 2.11. The van der Waals surface area contributed by atoms with Crippen molar-refractivity contribution in [2.75, 3.05) is 25.5 Å². The number of benzene rings is 1. The number of anilines is 1. The van der Waals surface area contributed by atoms with E-state index in [2.05, 4.69) is 25.9 Å². The molecular formula is C16H23IN6O2S. The van der Waals surface area contributed by atoms with E-state index in [-0.39, 0.29) is 29.7 Å². The van der Waals surface area contributed by atoms with Crippen LogP contribution in [0.15, 0.2) is 29.3 Å². The Balaban J connectivity index is 0.00000338. The average molecular weight is 490 g/mol. The van der Waals surface area contributed by atoms with Crippen LogP contribution in [0.3, 0.4) is 0 Å². The number of nitro benzene ring substituents is 1. The van der Waals surface area contributed by atoms with Gasteiger partial charge in [0.25, 0.3) is 5.69 Å². The Morgan fingerprint density at radius 2 is 2.00 bits per heavy atom. The first-order valence-corrected chi connectivity index (χ1v) is 8.67. The molecule has 1 heterocycles. The van der Waals surface area contributed by atoms with Crippen molar-refractivity contribution in [3.05, 3.63) is 50.0 Å². The summed E-state index contributed by atoms with van der Waals surface area (Å²) >= 11 is 1.66. The van der Waals surface area contributed by atoms with Gasteiger partial charge in [0.2, 0.25) is 0 Å². The van der Waals surface area contributed by atoms with Crippen molar-refractivity contribution in [3.63, 3.8) is 0 Å². The second-order valence-corrected chi connectivity index (χ2v) is 6.58. The molecule has 0 radical (unpaired) electrons. The zero-order valence-electron chi connectivity index (χ0n) is 14.9. The fourth-order valence-corrected chi connectivity index (χ4v) is 3.16. The van der Waals surface area contributed by atoms with Crippen LogP contribution in [0.25, 0.3) is 0 Å². The third-order valence-corrected chi connectivity index (χ3v) is 4.55. The number of aliphatic imine (C=N–C) groups is 1. The first-order chi connectivity index (χ1) is 12.0. The minimum Gasteiger partial charge on any atom is -0.378 e. The molecule has 2 aromatic rings. The second kappa shape index (κ2) is 10.9. The van der Waals surface area contributed by atoms with E-state index in [0.717, 1.165) is 10.7 Å². The molecule has 0 spiro atoms. The summed E-state index contributed by atoms with van der Waals surface area (Å²) < 4.78 is 0. The van der Waals surface area contributed by atoms with Gasteiger partial charge in [-0.15, -0.1) is 35.3 Å². The van der Waals surface area contributed by atoms with Gasteiger partial charge in [0, 0.05) is 31.1 Å². The number of thiazole rings is 1. The quantitative estimate of drug-likeness (QED) is 0.138. The topological polar surface area (TPSA) is 104 Å². The molecule has 0 bridgehead atoms. The van der Waals surface area contributed by atoms with Gasteiger partial charge in [0.1, 0.15) is 5.69 Å². The van der Waals surface area contributed by atoms with Gasteiger partial charge >= 0.3 is 0 Å². The highest BCUT2D eigenvalue weighted by atomic mass is 127. The lowest BCUT2D eigenvalue weighted by atomic mass is 10.2. The van der Waals surface area contributed by atoms with Crippen molar-refractivity contribution in [2.24, 2.45) is 4.99 Å². The largest absolute Gasteiger partial charge is 0.378 e. The fourth-order valence-electron chi connectivity index (χ4n) is 2.28. The first-order valence-electron chi connectivity index (χ1n) is 7.86. The normalized spacial score (nSPS) is 10.8. The van der Waals surface area contributed by atoms with Crippen molar-refractivity contribution in [1.82, 2.24) is 15.6 Å². The summed E-state index contributed by atoms with van der Waals surface area (Å²) in [5.74, 6) is 0.676. The fraction of sp³-hybridized carbons (Fsp3) is 0.375. The van der Waals surface area contributed by atoms with Crippen molar-refractivity contribution < 1.29 is 4.92 Å². The molecule has 0 amide bonds. The van der Waals surface area contributed by atoms with Gasteiger partial charge in [0.05, 0.1) is 22.2 Å². The van der Waals surface area contributed by atoms with Crippen LogP contribution in [0.4, 0.5) is 11.4 Å². The highest BCUT2D eigenvalue weighted by Crippen LogP contribution is 2.22. The molecule has 10 heteroatoms. The molecule has 0 atom stereocenters. The van der Waals surface area contributed by atoms with Gasteiger partial charge in [-0.2, -0.15) is 0 Å². The van der Waals surface area contributed by atoms with Crippen LogP contribution < -0.4 is 16.0 Å². The third-order valence-electron chi connectivity index (χ3n) is 3.47. The van der Waals surface area contributed by atoms with Gasteiger partial charge in [-0.3, -0.25) is 15.1 Å². The Hall–Kier alpha value is -1.95. The summed E-state index contributed by atoms with van der Waals surface area (Å²) in [5.41, 5.74) is 1.61. The number of hydrogen-bond donors (Lipinski definition) is 3. The number of hydrogen-bond acceptors (Lipinski definition) is 6. The summed E-state index contributed by atoms with van der Waals surface area (Å²) in [7, 11) is 1.70. The molecule has 0 aliphatic rings. The van der Waals surface area contributed by atoms with Gasteiger partial charge in [0.15, 0.2) is 5.96 Å². The molecule has 0 aliphatic heterocycles. The molecular weight excluding hydrogens is 467 g/mol. The van der Waals surface area contributed by atoms with Crippen LogP contribution >= 0.6 is 35.3 Å². The molecule has 0 saturated heterocycles. The number of para-hydroxylation sites is 2. The highest BCUT2D eigenvalue weighted by molar-refractivity contribution is 14.0. The molecule has 1 aromatic carbocycles. The Labute approximate surface area is 173 Å². The molecule has 2 rings (SSSR count). The zero-order chi connectivity index (χ0) is 18.2. The number of aromatic nitrogens is 1. The number of aryl methyl sites for hydroxylation is 2. The van der Waals surface area contributed by atoms with Gasteiger partial charge < -0.3 is 16.0 Å². The van der Waals surface area contributed by atoms with Gasteiger partial charge in [-0.05, 0) is 19.9 Å². The maximum atomic E-state index is 11.0. The van der Waals surface area contributed by atoms with Crippen LogP contribution in [0.5, 0.6) is 0 Å². The molecule has 8 nitrogen and oxygen atoms in total. The standard InChI is InChI=1S/C16H22N6O2S.HI/c1-11-15(25-12(2)21-11)10-20-16(17-3)19-9-8-18-13-6-4-5-7-14(13)22(23)24;/h4-7,18H,8-10H2,1-3H3,(H2,17,19,20);1H. The van der Waals surface area contributed by atoms with E-state index in [4.69, 9.17) is 0 Å². The monoisotopic (exact) mass is 490 g/mol. The maximum absolute atomic E-state index is 11.0. The minimum atomic E-state index is -0.393. The molecule has 142 valence electrons. The van der Waals surface area contributed by atoms with E-state index in [1.165, 1.54) is 10.9 Å².